The van der Waals surface area contributed by atoms with E-state index in [4.69, 9.17) is 20.2 Å². The quantitative estimate of drug-likeness (QED) is 0.0167. The van der Waals surface area contributed by atoms with E-state index in [1.807, 2.05) is 49.4 Å². The van der Waals surface area contributed by atoms with Gasteiger partial charge in [0, 0.05) is 97.3 Å². The number of nitrogens with zero attached hydrogens (tertiary/aromatic N) is 6. The van der Waals surface area contributed by atoms with E-state index >= 15 is 0 Å². The Bertz CT molecular complexity index is 3830. The molecule has 3 aromatic carbocycles. The lowest BCUT2D eigenvalue weighted by atomic mass is 9.39. The number of pyridine rings is 2. The summed E-state index contributed by atoms with van der Waals surface area (Å²) in [5.41, 5.74) is 10.1. The molecule has 23 heteroatoms. The Morgan fingerprint density at radius 1 is 0.856 bits per heavy atom. The molecule has 90 heavy (non-hydrogen) atoms. The Hall–Kier alpha value is -9.22. The van der Waals surface area contributed by atoms with Gasteiger partial charge in [-0.25, -0.2) is 19.6 Å². The number of carbonyl (C=O) groups is 8. The molecular weight excluding hydrogens is 1170 g/mol. The molecule has 3 aromatic heterocycles. The van der Waals surface area contributed by atoms with Crippen molar-refractivity contribution in [2.75, 3.05) is 50.5 Å². The van der Waals surface area contributed by atoms with Gasteiger partial charge in [0.05, 0.1) is 40.2 Å². The number of anilines is 2. The van der Waals surface area contributed by atoms with Crippen LogP contribution in [0.15, 0.2) is 115 Å². The van der Waals surface area contributed by atoms with Gasteiger partial charge in [0.1, 0.15) is 12.6 Å². The number of aromatic carboxylic acids is 1. The first-order valence-corrected chi connectivity index (χ1v) is 31.1. The van der Waals surface area contributed by atoms with Gasteiger partial charge in [-0.05, 0) is 134 Å². The number of amides is 7. The Kier molecular flexibility index (Phi) is 19.0. The lowest BCUT2D eigenvalue weighted by Gasteiger charge is -2.69. The SMILES string of the molecule is CCC(NC(=O)CCCCCN1C(=O)C=CC1=O)C(=O)NCC(=O)Nc1ccc(COC(=O)N(C)CCOC23CC4(C)CC(C)(CC(CN=C(C)C(=CN)c5ccc(-c6ccc7cncc(C(=O)Nc8nc9ccccc9s8)c7c6)nc5C(=O)O)(C4)C2)C3)cc1. The summed E-state index contributed by atoms with van der Waals surface area (Å²) in [7, 11) is 1.67. The number of ether oxygens (including phenoxy) is 2. The Morgan fingerprint density at radius 2 is 1.60 bits per heavy atom. The third-order valence-corrected chi connectivity index (χ3v) is 18.4. The van der Waals surface area contributed by atoms with Crippen LogP contribution < -0.4 is 27.0 Å². The summed E-state index contributed by atoms with van der Waals surface area (Å²) in [6.07, 6.45) is 14.2. The van der Waals surface area contributed by atoms with Crippen LogP contribution in [0.4, 0.5) is 15.6 Å². The van der Waals surface area contributed by atoms with Gasteiger partial charge in [0.2, 0.25) is 17.7 Å². The smallest absolute Gasteiger partial charge is 0.409 e. The van der Waals surface area contributed by atoms with Gasteiger partial charge in [-0.1, -0.05) is 74.9 Å². The van der Waals surface area contributed by atoms with Crippen LogP contribution in [0.25, 0.3) is 37.8 Å². The third-order valence-electron chi connectivity index (χ3n) is 17.5. The van der Waals surface area contributed by atoms with E-state index in [0.717, 1.165) is 53.6 Å². The number of thiazole rings is 1. The molecule has 470 valence electrons. The highest BCUT2D eigenvalue weighted by Gasteiger charge is 2.66. The van der Waals surface area contributed by atoms with E-state index in [0.29, 0.717) is 106 Å². The molecule has 1 aliphatic heterocycles. The predicted octanol–water partition coefficient (Wildman–Crippen LogP) is 9.46. The van der Waals surface area contributed by atoms with E-state index in [-0.39, 0.29) is 71.7 Å². The number of fused-ring (bicyclic) bond motifs is 2. The van der Waals surface area contributed by atoms with Gasteiger partial charge in [-0.2, -0.15) is 0 Å². The summed E-state index contributed by atoms with van der Waals surface area (Å²) in [4.78, 5) is 123. The number of hydrogen-bond donors (Lipinski definition) is 6. The summed E-state index contributed by atoms with van der Waals surface area (Å²) < 4.78 is 13.5. The lowest BCUT2D eigenvalue weighted by molar-refractivity contribution is -0.242. The Labute approximate surface area is 525 Å². The average Bonchev–Trinajstić information content (AvgIpc) is 0.821. The normalized spacial score (nSPS) is 21.4. The number of allylic oxidation sites excluding steroid dienone is 1. The van der Waals surface area contributed by atoms with Crippen molar-refractivity contribution in [1.29, 1.82) is 0 Å². The summed E-state index contributed by atoms with van der Waals surface area (Å²) >= 11 is 1.37. The number of aromatic nitrogens is 3. The molecule has 6 aromatic rings. The molecule has 4 saturated carbocycles. The van der Waals surface area contributed by atoms with E-state index in [2.05, 4.69) is 50.1 Å². The van der Waals surface area contributed by atoms with E-state index in [1.165, 1.54) is 40.8 Å². The van der Waals surface area contributed by atoms with Crippen LogP contribution in [-0.4, -0.2) is 135 Å². The van der Waals surface area contributed by atoms with Crippen LogP contribution in [0.5, 0.6) is 0 Å². The van der Waals surface area contributed by atoms with Crippen molar-refractivity contribution in [1.82, 2.24) is 35.4 Å². The minimum Gasteiger partial charge on any atom is -0.476 e. The van der Waals surface area contributed by atoms with Gasteiger partial charge < -0.3 is 41.2 Å². The number of carbonyl (C=O) groups excluding carboxylic acids is 7. The molecule has 4 aliphatic carbocycles. The number of unbranched alkanes of at least 4 members (excludes halogenated alkanes) is 2. The number of nitrogens with one attached hydrogen (secondary N) is 4. The number of para-hydroxylation sites is 1. The topological polar surface area (TPSA) is 307 Å². The van der Waals surface area contributed by atoms with Crippen LogP contribution in [0, 0.1) is 16.2 Å². The van der Waals surface area contributed by atoms with Crippen molar-refractivity contribution >= 4 is 102 Å². The number of imide groups is 1. The molecule has 22 nitrogen and oxygen atoms in total. The number of likely N-dealkylation sites (N-methyl/N-ethyl adjacent to an activating group) is 1. The highest BCUT2D eigenvalue weighted by Crippen LogP contribution is 2.71. The van der Waals surface area contributed by atoms with Crippen molar-refractivity contribution in [2.24, 2.45) is 27.0 Å². The first kappa shape index (κ1) is 63.8. The maximum absolute atomic E-state index is 13.7. The van der Waals surface area contributed by atoms with E-state index in [1.54, 1.807) is 56.6 Å². The fourth-order valence-corrected chi connectivity index (χ4v) is 15.3. The molecular formula is C67H75N11O11S. The van der Waals surface area contributed by atoms with Crippen molar-refractivity contribution < 1.29 is 52.9 Å². The second-order valence-corrected chi connectivity index (χ2v) is 26.1. The van der Waals surface area contributed by atoms with Crippen molar-refractivity contribution in [2.45, 2.75) is 117 Å². The summed E-state index contributed by atoms with van der Waals surface area (Å²) in [6, 6.07) is 22.5. The molecule has 7 N–H and O–H groups in total. The molecule has 0 radical (unpaired) electrons. The van der Waals surface area contributed by atoms with Crippen LogP contribution in [0.1, 0.15) is 130 Å². The molecule has 7 amide bonds. The number of carboxylic acid groups (broad SMARTS) is 1. The van der Waals surface area contributed by atoms with Crippen LogP contribution in [-0.2, 0) is 40.1 Å². The van der Waals surface area contributed by atoms with Crippen LogP contribution in [0.3, 0.4) is 0 Å². The van der Waals surface area contributed by atoms with E-state index < -0.39 is 35.5 Å². The largest absolute Gasteiger partial charge is 0.476 e. The summed E-state index contributed by atoms with van der Waals surface area (Å²) in [6.45, 7) is 9.30. The highest BCUT2D eigenvalue weighted by atomic mass is 32.1. The van der Waals surface area contributed by atoms with Crippen molar-refractivity contribution in [3.05, 3.63) is 132 Å². The molecule has 5 aliphatic rings. The Morgan fingerprint density at radius 3 is 2.31 bits per heavy atom. The number of hydrogen-bond acceptors (Lipinski definition) is 16. The molecule has 0 saturated heterocycles. The molecule has 3 unspecified atom stereocenters. The highest BCUT2D eigenvalue weighted by molar-refractivity contribution is 7.22. The molecule has 0 spiro atoms. The van der Waals surface area contributed by atoms with Crippen molar-refractivity contribution in [3.63, 3.8) is 0 Å². The minimum absolute atomic E-state index is 0.00112. The Balaban J connectivity index is 0.691. The molecule has 11 rings (SSSR count). The monoisotopic (exact) mass is 1240 g/mol. The summed E-state index contributed by atoms with van der Waals surface area (Å²) in [5, 5.41) is 23.3. The van der Waals surface area contributed by atoms with Gasteiger partial charge in [0.15, 0.2) is 10.8 Å². The fourth-order valence-electron chi connectivity index (χ4n) is 14.5. The fraction of sp³-hybridized carbons (Fsp3) is 0.403. The molecule has 3 atom stereocenters. The number of benzene rings is 3. The van der Waals surface area contributed by atoms with E-state index in [9.17, 15) is 43.5 Å². The number of aliphatic imine (C=N–C) groups is 1. The van der Waals surface area contributed by atoms with Crippen LogP contribution in [0.2, 0.25) is 0 Å². The first-order chi connectivity index (χ1) is 43.1. The van der Waals surface area contributed by atoms with Gasteiger partial charge >= 0.3 is 12.1 Å². The maximum Gasteiger partial charge on any atom is 0.409 e. The van der Waals surface area contributed by atoms with Gasteiger partial charge in [0.25, 0.3) is 17.7 Å². The first-order valence-electron chi connectivity index (χ1n) is 30.3. The average molecular weight is 1240 g/mol. The number of nitrogens with two attached hydrogens (primary N) is 1. The molecule has 4 bridgehead atoms. The maximum atomic E-state index is 13.7. The zero-order valence-electron chi connectivity index (χ0n) is 51.2. The van der Waals surface area contributed by atoms with Gasteiger partial charge in [-0.3, -0.25) is 49.0 Å². The van der Waals surface area contributed by atoms with Crippen LogP contribution >= 0.6 is 11.3 Å². The number of rotatable bonds is 26. The zero-order valence-corrected chi connectivity index (χ0v) is 52.0. The zero-order chi connectivity index (χ0) is 64.0. The second kappa shape index (κ2) is 26.9. The lowest BCUT2D eigenvalue weighted by Crippen LogP contribution is -2.64. The molecule has 4 fully saturated rings. The predicted molar refractivity (Wildman–Crippen MR) is 342 cm³/mol. The third kappa shape index (κ3) is 14.7. The van der Waals surface area contributed by atoms with Crippen molar-refractivity contribution in [3.8, 4) is 11.3 Å². The number of carboxylic acids is 1. The minimum atomic E-state index is -1.24. The van der Waals surface area contributed by atoms with Gasteiger partial charge in [-0.15, -0.1) is 0 Å². The standard InChI is InChI=1S/C67H75N11O11S/c1-6-50(73-54(79)14-8-7-11-25-78-56(81)23-24-57(78)82)60(84)70-32-55(80)72-45-19-15-42(16-20-45)33-88-63(87)77(5)26-27-89-67-37-64(3)34-65(4,38-67)36-66(35-64,39-67)40-71-41(2)48(29-68)46-21-22-51(74-58(46)61(85)86)43-17-18-44-30-69-31-49(47(44)28-43)59(83)76-62-75-52-12-9-10-13-53(52)90-62/h9-10,12-13,15-24,28-31,50H,6-8,11,14,25-27,32-40,68H2,1-5H3,(H,70,84)(H,72,80)(H,73,79)(H,85,86)(H,75,76,83). The molecule has 4 heterocycles. The summed E-state index contributed by atoms with van der Waals surface area (Å²) in [5.74, 6) is -3.59. The second-order valence-electron chi connectivity index (χ2n) is 25.1.